The minimum absolute atomic E-state index is 0.679. The minimum Gasteiger partial charge on any atom is -0.381 e. The molecule has 0 spiro atoms. The third-order valence-corrected chi connectivity index (χ3v) is 4.39. The Morgan fingerprint density at radius 2 is 2.44 bits per heavy atom. The monoisotopic (exact) mass is 265 g/mol. The minimum atomic E-state index is 0.679. The Hall–Kier alpha value is -0.910. The van der Waals surface area contributed by atoms with Crippen LogP contribution in [0.15, 0.2) is 6.20 Å². The van der Waals surface area contributed by atoms with Gasteiger partial charge in [0.05, 0.1) is 18.0 Å². The number of aromatic nitrogens is 2. The number of nitrogens with zero attached hydrogens (tertiary/aromatic N) is 2. The van der Waals surface area contributed by atoms with Crippen LogP contribution in [-0.4, -0.2) is 29.1 Å². The summed E-state index contributed by atoms with van der Waals surface area (Å²) in [6.45, 7) is 7.97. The van der Waals surface area contributed by atoms with Crippen molar-refractivity contribution in [2.45, 2.75) is 26.8 Å². The average Bonchev–Trinajstić information content (AvgIpc) is 2.99. The molecule has 0 radical (unpaired) electrons. The summed E-state index contributed by atoms with van der Waals surface area (Å²) in [5.41, 5.74) is 2.42. The fourth-order valence-electron chi connectivity index (χ4n) is 2.46. The van der Waals surface area contributed by atoms with E-state index in [2.05, 4.69) is 34.7 Å². The molecule has 3 rings (SSSR count). The van der Waals surface area contributed by atoms with Crippen LogP contribution in [0, 0.1) is 19.8 Å². The van der Waals surface area contributed by atoms with Gasteiger partial charge in [-0.1, -0.05) is 0 Å². The number of hydrogen-bond donors (Lipinski definition) is 1. The molecule has 1 N–H and O–H groups in total. The largest absolute Gasteiger partial charge is 0.381 e. The van der Waals surface area contributed by atoms with Gasteiger partial charge >= 0.3 is 0 Å². The van der Waals surface area contributed by atoms with Crippen molar-refractivity contribution in [3.63, 3.8) is 0 Å². The molecule has 2 aromatic heterocycles. The van der Waals surface area contributed by atoms with E-state index in [4.69, 9.17) is 4.74 Å². The van der Waals surface area contributed by atoms with E-state index in [1.54, 1.807) is 11.3 Å². The van der Waals surface area contributed by atoms with Crippen molar-refractivity contribution in [3.05, 3.63) is 22.5 Å². The lowest BCUT2D eigenvalue weighted by Gasteiger charge is -2.09. The van der Waals surface area contributed by atoms with Crippen molar-refractivity contribution in [2.24, 2.45) is 5.92 Å². The van der Waals surface area contributed by atoms with Crippen molar-refractivity contribution in [1.82, 2.24) is 14.7 Å². The highest BCUT2D eigenvalue weighted by Crippen LogP contribution is 2.20. The van der Waals surface area contributed by atoms with Crippen LogP contribution in [0.3, 0.4) is 0 Å². The first-order valence-corrected chi connectivity index (χ1v) is 7.28. The van der Waals surface area contributed by atoms with Crippen LogP contribution in [-0.2, 0) is 11.3 Å². The molecule has 2 aromatic rings. The number of aryl methyl sites for hydroxylation is 2. The highest BCUT2D eigenvalue weighted by molar-refractivity contribution is 7.17. The van der Waals surface area contributed by atoms with Crippen LogP contribution in [0.5, 0.6) is 0 Å². The SMILES string of the molecule is Cc1cn2c(CNCC3CCOC3)c(C)nc2s1. The van der Waals surface area contributed by atoms with Gasteiger partial charge in [0.1, 0.15) is 0 Å². The first-order chi connectivity index (χ1) is 8.74. The Bertz CT molecular complexity index is 540. The zero-order chi connectivity index (χ0) is 12.5. The lowest BCUT2D eigenvalue weighted by atomic mass is 10.1. The standard InChI is InChI=1S/C13H19N3OS/c1-9-7-16-12(10(2)15-13(16)18-9)6-14-5-11-3-4-17-8-11/h7,11,14H,3-6,8H2,1-2H3. The third-order valence-electron chi connectivity index (χ3n) is 3.49. The van der Waals surface area contributed by atoms with Gasteiger partial charge in [0.25, 0.3) is 0 Å². The number of imidazole rings is 1. The maximum atomic E-state index is 5.39. The van der Waals surface area contributed by atoms with E-state index in [1.807, 2.05) is 0 Å². The van der Waals surface area contributed by atoms with Crippen molar-refractivity contribution >= 4 is 16.3 Å². The number of fused-ring (bicyclic) bond motifs is 1. The number of thiazole rings is 1. The molecule has 1 atom stereocenters. The predicted octanol–water partition coefficient (Wildman–Crippen LogP) is 2.14. The van der Waals surface area contributed by atoms with Gasteiger partial charge in [-0.25, -0.2) is 4.98 Å². The van der Waals surface area contributed by atoms with Gasteiger partial charge < -0.3 is 10.1 Å². The highest BCUT2D eigenvalue weighted by atomic mass is 32.1. The van der Waals surface area contributed by atoms with Crippen LogP contribution in [0.2, 0.25) is 0 Å². The molecule has 5 heteroatoms. The maximum Gasteiger partial charge on any atom is 0.194 e. The summed E-state index contributed by atoms with van der Waals surface area (Å²) in [4.78, 5) is 7.01. The second-order valence-electron chi connectivity index (χ2n) is 5.00. The molecule has 1 aliphatic heterocycles. The topological polar surface area (TPSA) is 38.6 Å². The summed E-state index contributed by atoms with van der Waals surface area (Å²) in [6, 6.07) is 0. The van der Waals surface area contributed by atoms with Crippen LogP contribution >= 0.6 is 11.3 Å². The number of nitrogens with one attached hydrogen (secondary N) is 1. The van der Waals surface area contributed by atoms with Crippen molar-refractivity contribution < 1.29 is 4.74 Å². The molecular weight excluding hydrogens is 246 g/mol. The molecule has 0 saturated carbocycles. The summed E-state index contributed by atoms with van der Waals surface area (Å²) in [5, 5.41) is 3.54. The normalized spacial score (nSPS) is 20.0. The molecule has 3 heterocycles. The Morgan fingerprint density at radius 1 is 1.56 bits per heavy atom. The Kier molecular flexibility index (Phi) is 3.37. The van der Waals surface area contributed by atoms with E-state index >= 15 is 0 Å². The van der Waals surface area contributed by atoms with E-state index in [1.165, 1.54) is 17.0 Å². The number of ether oxygens (including phenoxy) is 1. The second kappa shape index (κ2) is 4.99. The number of rotatable bonds is 4. The molecule has 0 amide bonds. The fourth-order valence-corrected chi connectivity index (χ4v) is 3.35. The van der Waals surface area contributed by atoms with Gasteiger partial charge in [0, 0.05) is 30.8 Å². The molecule has 4 nitrogen and oxygen atoms in total. The lowest BCUT2D eigenvalue weighted by Crippen LogP contribution is -2.23. The van der Waals surface area contributed by atoms with E-state index in [0.29, 0.717) is 5.92 Å². The first-order valence-electron chi connectivity index (χ1n) is 6.46. The average molecular weight is 265 g/mol. The molecule has 18 heavy (non-hydrogen) atoms. The number of hydrogen-bond acceptors (Lipinski definition) is 4. The van der Waals surface area contributed by atoms with Gasteiger partial charge in [-0.05, 0) is 26.2 Å². The van der Waals surface area contributed by atoms with Crippen molar-refractivity contribution in [3.8, 4) is 0 Å². The van der Waals surface area contributed by atoms with Crippen LogP contribution in [0.1, 0.15) is 22.7 Å². The Balaban J connectivity index is 1.67. The van der Waals surface area contributed by atoms with Gasteiger partial charge in [-0.3, -0.25) is 4.40 Å². The van der Waals surface area contributed by atoms with Crippen LogP contribution in [0.4, 0.5) is 0 Å². The predicted molar refractivity (Wildman–Crippen MR) is 73.2 cm³/mol. The second-order valence-corrected chi connectivity index (χ2v) is 6.21. The molecule has 1 unspecified atom stereocenters. The van der Waals surface area contributed by atoms with E-state index in [-0.39, 0.29) is 0 Å². The zero-order valence-corrected chi connectivity index (χ0v) is 11.7. The van der Waals surface area contributed by atoms with Gasteiger partial charge in [-0.15, -0.1) is 11.3 Å². The van der Waals surface area contributed by atoms with Crippen molar-refractivity contribution in [2.75, 3.05) is 19.8 Å². The quantitative estimate of drug-likeness (QED) is 0.920. The summed E-state index contributed by atoms with van der Waals surface area (Å²) >= 11 is 1.75. The van der Waals surface area contributed by atoms with Crippen LogP contribution < -0.4 is 5.32 Å². The van der Waals surface area contributed by atoms with Gasteiger partial charge in [0.15, 0.2) is 4.96 Å². The highest BCUT2D eigenvalue weighted by Gasteiger charge is 2.16. The molecule has 0 aromatic carbocycles. The molecule has 1 saturated heterocycles. The van der Waals surface area contributed by atoms with Crippen molar-refractivity contribution in [1.29, 1.82) is 0 Å². The first kappa shape index (κ1) is 12.1. The van der Waals surface area contributed by atoms with Crippen LogP contribution in [0.25, 0.3) is 4.96 Å². The summed E-state index contributed by atoms with van der Waals surface area (Å²) in [6.07, 6.45) is 3.36. The molecular formula is C13H19N3OS. The summed E-state index contributed by atoms with van der Waals surface area (Å²) in [5.74, 6) is 0.679. The van der Waals surface area contributed by atoms with Gasteiger partial charge in [-0.2, -0.15) is 0 Å². The fraction of sp³-hybridized carbons (Fsp3) is 0.615. The molecule has 0 aliphatic carbocycles. The molecule has 0 bridgehead atoms. The Labute approximate surface area is 111 Å². The summed E-state index contributed by atoms with van der Waals surface area (Å²) < 4.78 is 7.60. The molecule has 98 valence electrons. The summed E-state index contributed by atoms with van der Waals surface area (Å²) in [7, 11) is 0. The zero-order valence-electron chi connectivity index (χ0n) is 10.9. The third kappa shape index (κ3) is 2.30. The maximum absolute atomic E-state index is 5.39. The van der Waals surface area contributed by atoms with E-state index < -0.39 is 0 Å². The van der Waals surface area contributed by atoms with E-state index in [9.17, 15) is 0 Å². The Morgan fingerprint density at radius 3 is 3.22 bits per heavy atom. The smallest absolute Gasteiger partial charge is 0.194 e. The van der Waals surface area contributed by atoms with E-state index in [0.717, 1.165) is 37.0 Å². The molecule has 1 aliphatic rings. The lowest BCUT2D eigenvalue weighted by molar-refractivity contribution is 0.185. The van der Waals surface area contributed by atoms with Gasteiger partial charge in [0.2, 0.25) is 0 Å². The molecule has 1 fully saturated rings.